The molecule has 1 heterocycles. The number of hydrogen-bond acceptors (Lipinski definition) is 2. The Kier molecular flexibility index (Phi) is 5.45. The average Bonchev–Trinajstić information content (AvgIpc) is 2.18. The van der Waals surface area contributed by atoms with E-state index < -0.39 is 0 Å². The van der Waals surface area contributed by atoms with Crippen LogP contribution >= 0.6 is 12.4 Å². The maximum Gasteiger partial charge on any atom is 0.225 e. The smallest absolute Gasteiger partial charge is 0.225 e. The first-order valence-corrected chi connectivity index (χ1v) is 5.80. The van der Waals surface area contributed by atoms with Gasteiger partial charge in [-0.15, -0.1) is 12.4 Å². The van der Waals surface area contributed by atoms with Crippen LogP contribution in [0.3, 0.4) is 0 Å². The van der Waals surface area contributed by atoms with Gasteiger partial charge in [0.05, 0.1) is 5.92 Å². The third-order valence-electron chi connectivity index (χ3n) is 3.11. The van der Waals surface area contributed by atoms with E-state index in [1.807, 2.05) is 12.1 Å². The molecule has 2 rings (SSSR count). The Bertz CT molecular complexity index is 377. The number of amides is 1. The number of carbonyl (C=O) groups excluding carboxylic acids is 1. The first-order valence-electron chi connectivity index (χ1n) is 5.80. The Labute approximate surface area is 108 Å². The fourth-order valence-electron chi connectivity index (χ4n) is 1.83. The first-order chi connectivity index (χ1) is 7.77. The van der Waals surface area contributed by atoms with Crippen LogP contribution in [-0.2, 0) is 11.2 Å². The predicted octanol–water partition coefficient (Wildman–Crippen LogP) is 1.29. The maximum atomic E-state index is 11.5. The van der Waals surface area contributed by atoms with Gasteiger partial charge >= 0.3 is 0 Å². The van der Waals surface area contributed by atoms with Crippen molar-refractivity contribution in [2.75, 3.05) is 19.6 Å². The third kappa shape index (κ3) is 3.72. The summed E-state index contributed by atoms with van der Waals surface area (Å²) in [6, 6.07) is 8.30. The van der Waals surface area contributed by atoms with Crippen LogP contribution in [0.4, 0.5) is 0 Å². The van der Waals surface area contributed by atoms with E-state index in [0.29, 0.717) is 0 Å². The molecule has 0 aromatic heterocycles. The second-order valence-electron chi connectivity index (χ2n) is 4.32. The highest BCUT2D eigenvalue weighted by atomic mass is 35.5. The topological polar surface area (TPSA) is 41.1 Å². The van der Waals surface area contributed by atoms with Crippen molar-refractivity contribution in [3.8, 4) is 0 Å². The minimum Gasteiger partial charge on any atom is -0.355 e. The molecule has 0 spiro atoms. The van der Waals surface area contributed by atoms with Crippen LogP contribution in [0.15, 0.2) is 24.3 Å². The molecule has 1 fully saturated rings. The summed E-state index contributed by atoms with van der Waals surface area (Å²) in [4.78, 5) is 11.5. The molecular formula is C13H19ClN2O. The molecule has 1 saturated heterocycles. The molecule has 0 saturated carbocycles. The Morgan fingerprint density at radius 1 is 1.41 bits per heavy atom. The van der Waals surface area contributed by atoms with E-state index in [-0.39, 0.29) is 24.2 Å². The number of halogens is 1. The molecular weight excluding hydrogens is 236 g/mol. The van der Waals surface area contributed by atoms with Crippen molar-refractivity contribution in [2.45, 2.75) is 13.3 Å². The molecule has 1 aliphatic rings. The molecule has 94 valence electrons. The first kappa shape index (κ1) is 14.0. The van der Waals surface area contributed by atoms with Gasteiger partial charge in [0.1, 0.15) is 0 Å². The average molecular weight is 255 g/mol. The van der Waals surface area contributed by atoms with E-state index in [2.05, 4.69) is 29.7 Å². The highest BCUT2D eigenvalue weighted by Crippen LogP contribution is 2.07. The number of rotatable bonds is 4. The standard InChI is InChI=1S/C13H18N2O.ClH/c1-10-4-2-3-5-11(10)6-7-15-13(16)12-8-14-9-12;/h2-5,12,14H,6-9H2,1H3,(H,15,16);1H. The fraction of sp³-hybridized carbons (Fsp3) is 0.462. The van der Waals surface area contributed by atoms with Crippen LogP contribution in [0.1, 0.15) is 11.1 Å². The second kappa shape index (κ2) is 6.62. The molecule has 1 amide bonds. The van der Waals surface area contributed by atoms with E-state index >= 15 is 0 Å². The number of nitrogens with one attached hydrogen (secondary N) is 2. The largest absolute Gasteiger partial charge is 0.355 e. The van der Waals surface area contributed by atoms with Gasteiger partial charge in [-0.25, -0.2) is 0 Å². The lowest BCUT2D eigenvalue weighted by molar-refractivity contribution is -0.126. The molecule has 0 aliphatic carbocycles. The van der Waals surface area contributed by atoms with Crippen molar-refractivity contribution < 1.29 is 4.79 Å². The van der Waals surface area contributed by atoms with E-state index in [1.165, 1.54) is 11.1 Å². The highest BCUT2D eigenvalue weighted by molar-refractivity contribution is 5.85. The molecule has 4 heteroatoms. The molecule has 0 atom stereocenters. The summed E-state index contributed by atoms with van der Waals surface area (Å²) in [5.41, 5.74) is 2.61. The fourth-order valence-corrected chi connectivity index (χ4v) is 1.83. The number of benzene rings is 1. The van der Waals surface area contributed by atoms with Crippen molar-refractivity contribution in [1.29, 1.82) is 0 Å². The Balaban J connectivity index is 0.00000144. The van der Waals surface area contributed by atoms with Crippen LogP contribution in [0, 0.1) is 12.8 Å². The summed E-state index contributed by atoms with van der Waals surface area (Å²) in [5, 5.41) is 6.08. The molecule has 3 nitrogen and oxygen atoms in total. The molecule has 1 aliphatic heterocycles. The zero-order chi connectivity index (χ0) is 11.4. The van der Waals surface area contributed by atoms with Gasteiger partial charge in [-0.1, -0.05) is 24.3 Å². The third-order valence-corrected chi connectivity index (χ3v) is 3.11. The van der Waals surface area contributed by atoms with Gasteiger partial charge in [0.25, 0.3) is 0 Å². The van der Waals surface area contributed by atoms with Gasteiger partial charge < -0.3 is 10.6 Å². The zero-order valence-electron chi connectivity index (χ0n) is 10.0. The number of hydrogen-bond donors (Lipinski definition) is 2. The van der Waals surface area contributed by atoms with E-state index in [4.69, 9.17) is 0 Å². The van der Waals surface area contributed by atoms with Gasteiger partial charge in [-0.2, -0.15) is 0 Å². The molecule has 2 N–H and O–H groups in total. The quantitative estimate of drug-likeness (QED) is 0.850. The van der Waals surface area contributed by atoms with Crippen LogP contribution in [0.5, 0.6) is 0 Å². The summed E-state index contributed by atoms with van der Waals surface area (Å²) < 4.78 is 0. The lowest BCUT2D eigenvalue weighted by Crippen LogP contribution is -2.51. The van der Waals surface area contributed by atoms with Crippen LogP contribution in [-0.4, -0.2) is 25.5 Å². The predicted molar refractivity (Wildman–Crippen MR) is 71.5 cm³/mol. The lowest BCUT2D eigenvalue weighted by atomic mass is 10.0. The van der Waals surface area contributed by atoms with Crippen LogP contribution < -0.4 is 10.6 Å². The van der Waals surface area contributed by atoms with Gasteiger partial charge in [0.2, 0.25) is 5.91 Å². The Morgan fingerprint density at radius 3 is 2.71 bits per heavy atom. The maximum absolute atomic E-state index is 11.5. The zero-order valence-corrected chi connectivity index (χ0v) is 10.8. The number of carbonyl (C=O) groups is 1. The van der Waals surface area contributed by atoms with Crippen molar-refractivity contribution in [3.63, 3.8) is 0 Å². The van der Waals surface area contributed by atoms with E-state index in [0.717, 1.165) is 26.1 Å². The van der Waals surface area contributed by atoms with Crippen molar-refractivity contribution in [3.05, 3.63) is 35.4 Å². The van der Waals surface area contributed by atoms with E-state index in [9.17, 15) is 4.79 Å². The molecule has 0 unspecified atom stereocenters. The van der Waals surface area contributed by atoms with Crippen molar-refractivity contribution in [2.24, 2.45) is 5.92 Å². The van der Waals surface area contributed by atoms with Crippen LogP contribution in [0.2, 0.25) is 0 Å². The van der Waals surface area contributed by atoms with Crippen molar-refractivity contribution in [1.82, 2.24) is 10.6 Å². The normalized spacial score (nSPS) is 14.6. The minimum absolute atomic E-state index is 0. The summed E-state index contributed by atoms with van der Waals surface area (Å²) in [5.74, 6) is 0.379. The number of aryl methyl sites for hydroxylation is 1. The van der Waals surface area contributed by atoms with Crippen molar-refractivity contribution >= 4 is 18.3 Å². The summed E-state index contributed by atoms with van der Waals surface area (Å²) in [7, 11) is 0. The van der Waals surface area contributed by atoms with E-state index in [1.54, 1.807) is 0 Å². The Hall–Kier alpha value is -1.06. The summed E-state index contributed by atoms with van der Waals surface area (Å²) in [6.07, 6.45) is 0.915. The van der Waals surface area contributed by atoms with Gasteiger partial charge in [-0.3, -0.25) is 4.79 Å². The van der Waals surface area contributed by atoms with Gasteiger partial charge in [-0.05, 0) is 24.5 Å². The second-order valence-corrected chi connectivity index (χ2v) is 4.32. The monoisotopic (exact) mass is 254 g/mol. The summed E-state index contributed by atoms with van der Waals surface area (Å²) >= 11 is 0. The highest BCUT2D eigenvalue weighted by Gasteiger charge is 2.23. The van der Waals surface area contributed by atoms with Gasteiger partial charge in [0.15, 0.2) is 0 Å². The molecule has 1 aromatic rings. The van der Waals surface area contributed by atoms with Crippen LogP contribution in [0.25, 0.3) is 0 Å². The molecule has 0 radical (unpaired) electrons. The van der Waals surface area contributed by atoms with Gasteiger partial charge in [0, 0.05) is 19.6 Å². The summed E-state index contributed by atoms with van der Waals surface area (Å²) in [6.45, 7) is 4.50. The SMILES string of the molecule is Cc1ccccc1CCNC(=O)C1CNC1.Cl. The minimum atomic E-state index is 0. The molecule has 1 aromatic carbocycles. The lowest BCUT2D eigenvalue weighted by Gasteiger charge is -2.25. The molecule has 17 heavy (non-hydrogen) atoms. The molecule has 0 bridgehead atoms. The Morgan fingerprint density at radius 2 is 2.12 bits per heavy atom.